The number of benzene rings is 1. The lowest BCUT2D eigenvalue weighted by Crippen LogP contribution is -2.32. The van der Waals surface area contributed by atoms with Gasteiger partial charge in [-0.2, -0.15) is 18.0 Å². The number of rotatable bonds is 2. The highest BCUT2D eigenvalue weighted by atomic mass is 79.9. The topological polar surface area (TPSA) is 53.5 Å². The molecule has 0 saturated carbocycles. The molecule has 0 N–H and O–H groups in total. The lowest BCUT2D eigenvalue weighted by molar-refractivity contribution is -0.111. The summed E-state index contributed by atoms with van der Waals surface area (Å²) in [5, 5.41) is 0. The van der Waals surface area contributed by atoms with Crippen LogP contribution in [-0.2, 0) is 0 Å². The maximum Gasteiger partial charge on any atom is 0.499 e. The quantitative estimate of drug-likeness (QED) is 0.358. The van der Waals surface area contributed by atoms with Gasteiger partial charge in [-0.3, -0.25) is 4.79 Å². The Kier molecular flexibility index (Phi) is 3.62. The van der Waals surface area contributed by atoms with Crippen molar-refractivity contribution in [3.63, 3.8) is 0 Å². The van der Waals surface area contributed by atoms with Gasteiger partial charge in [-0.1, -0.05) is 15.9 Å². The van der Waals surface area contributed by atoms with E-state index < -0.39 is 17.7 Å². The highest BCUT2D eigenvalue weighted by Crippen LogP contribution is 2.19. The van der Waals surface area contributed by atoms with Crippen molar-refractivity contribution < 1.29 is 22.8 Å². The summed E-state index contributed by atoms with van der Waals surface area (Å²) in [4.78, 5) is 13.3. The fourth-order valence-corrected chi connectivity index (χ4v) is 1.23. The van der Waals surface area contributed by atoms with Crippen molar-refractivity contribution in [2.45, 2.75) is 6.18 Å². The third-order valence-electron chi connectivity index (χ3n) is 1.69. The first-order chi connectivity index (χ1) is 7.36. The molecule has 1 aromatic carbocycles. The van der Waals surface area contributed by atoms with Gasteiger partial charge in [0.25, 0.3) is 5.78 Å². The van der Waals surface area contributed by atoms with Crippen LogP contribution in [0.2, 0.25) is 0 Å². The number of Topliss-reactive ketones (excluding diaryl/α,β-unsaturated/α-hetero) is 1. The third-order valence-corrected chi connectivity index (χ3v) is 2.22. The smallest absolute Gasteiger partial charge is 0.361 e. The summed E-state index contributed by atoms with van der Waals surface area (Å²) in [5.41, 5.74) is 6.15. The van der Waals surface area contributed by atoms with Gasteiger partial charge < -0.3 is 5.53 Å². The molecular weight excluding hydrogens is 289 g/mol. The summed E-state index contributed by atoms with van der Waals surface area (Å²) >= 11 is 3.08. The molecule has 0 saturated heterocycles. The maximum absolute atomic E-state index is 12.2. The molecule has 0 fully saturated rings. The van der Waals surface area contributed by atoms with E-state index in [-0.39, 0.29) is 5.56 Å². The molecule has 0 amide bonds. The van der Waals surface area contributed by atoms with Gasteiger partial charge in [-0.25, -0.2) is 0 Å². The first-order valence-electron chi connectivity index (χ1n) is 3.96. The van der Waals surface area contributed by atoms with Gasteiger partial charge in [0.1, 0.15) is 0 Å². The Morgan fingerprint density at radius 2 is 1.75 bits per heavy atom. The molecule has 0 aliphatic heterocycles. The molecule has 84 valence electrons. The van der Waals surface area contributed by atoms with Gasteiger partial charge in [-0.15, -0.1) is 0 Å². The van der Waals surface area contributed by atoms with Crippen LogP contribution >= 0.6 is 15.9 Å². The van der Waals surface area contributed by atoms with Crippen LogP contribution in [0.1, 0.15) is 10.4 Å². The van der Waals surface area contributed by atoms with E-state index >= 15 is 0 Å². The number of nitrogens with zero attached hydrogens (tertiary/aromatic N) is 2. The maximum atomic E-state index is 12.2. The molecule has 3 nitrogen and oxygen atoms in total. The van der Waals surface area contributed by atoms with E-state index in [9.17, 15) is 18.0 Å². The Bertz CT molecular complexity index is 461. The molecule has 0 unspecified atom stereocenters. The van der Waals surface area contributed by atoms with E-state index in [1.807, 2.05) is 4.79 Å². The number of ketones is 1. The molecule has 0 spiro atoms. The van der Waals surface area contributed by atoms with Crippen LogP contribution < -0.4 is 0 Å². The Morgan fingerprint density at radius 3 is 2.12 bits per heavy atom. The standard InChI is InChI=1S/C9H4BrF3N2O/c10-6-3-1-5(2-4-6)7(16)8(15-14)9(11,12)13/h1-4H. The normalized spacial score (nSPS) is 10.8. The van der Waals surface area contributed by atoms with Crippen molar-refractivity contribution in [3.8, 4) is 0 Å². The Labute approximate surface area is 96.6 Å². The Morgan fingerprint density at radius 1 is 1.25 bits per heavy atom. The number of hydrogen-bond donors (Lipinski definition) is 0. The second kappa shape index (κ2) is 4.59. The summed E-state index contributed by atoms with van der Waals surface area (Å²) in [6, 6.07) is 5.23. The molecule has 0 heterocycles. The van der Waals surface area contributed by atoms with Gasteiger partial charge in [-0.05, 0) is 24.3 Å². The summed E-state index contributed by atoms with van der Waals surface area (Å²) in [5.74, 6) is -1.37. The molecular formula is C9H4BrF3N2O. The van der Waals surface area contributed by atoms with Gasteiger partial charge in [0.2, 0.25) is 0 Å². The van der Waals surface area contributed by atoms with Crippen molar-refractivity contribution in [1.82, 2.24) is 0 Å². The van der Waals surface area contributed by atoms with Crippen LogP contribution in [0.4, 0.5) is 13.2 Å². The average molecular weight is 293 g/mol. The predicted molar refractivity (Wildman–Crippen MR) is 53.2 cm³/mol. The molecule has 1 aromatic rings. The minimum Gasteiger partial charge on any atom is -0.361 e. The molecule has 0 aliphatic carbocycles. The first kappa shape index (κ1) is 12.6. The van der Waals surface area contributed by atoms with Gasteiger partial charge >= 0.3 is 11.9 Å². The molecule has 0 radical (unpaired) electrons. The molecule has 0 aromatic heterocycles. The second-order valence-electron chi connectivity index (χ2n) is 2.78. The van der Waals surface area contributed by atoms with Crippen LogP contribution in [0.3, 0.4) is 0 Å². The summed E-state index contributed by atoms with van der Waals surface area (Å²) in [6.07, 6.45) is -4.97. The fourth-order valence-electron chi connectivity index (χ4n) is 0.969. The monoisotopic (exact) mass is 292 g/mol. The Hall–Kier alpha value is -1.46. The number of halogens is 4. The molecule has 0 aliphatic rings. The van der Waals surface area contributed by atoms with Crippen LogP contribution in [0, 0.1) is 0 Å². The van der Waals surface area contributed by atoms with Gasteiger partial charge in [0, 0.05) is 10.0 Å². The molecule has 0 atom stereocenters. The molecule has 16 heavy (non-hydrogen) atoms. The number of hydrogen-bond acceptors (Lipinski definition) is 1. The number of carbonyl (C=O) groups excluding carboxylic acids is 1. The van der Waals surface area contributed by atoms with Crippen molar-refractivity contribution in [2.24, 2.45) is 0 Å². The molecule has 1 rings (SSSR count). The lowest BCUT2D eigenvalue weighted by atomic mass is 10.1. The van der Waals surface area contributed by atoms with E-state index in [0.29, 0.717) is 4.47 Å². The molecule has 7 heteroatoms. The van der Waals surface area contributed by atoms with Crippen LogP contribution in [-0.4, -0.2) is 22.5 Å². The summed E-state index contributed by atoms with van der Waals surface area (Å²) in [7, 11) is 0. The van der Waals surface area contributed by atoms with Gasteiger partial charge in [0.05, 0.1) is 0 Å². The largest absolute Gasteiger partial charge is 0.499 e. The highest BCUT2D eigenvalue weighted by molar-refractivity contribution is 9.10. The van der Waals surface area contributed by atoms with E-state index in [0.717, 1.165) is 0 Å². The first-order valence-corrected chi connectivity index (χ1v) is 4.75. The SMILES string of the molecule is [N-]=[N+]=C(C(=O)c1ccc(Br)cc1)C(F)(F)F. The van der Waals surface area contributed by atoms with E-state index in [1.165, 1.54) is 24.3 Å². The van der Waals surface area contributed by atoms with Crippen LogP contribution in [0.15, 0.2) is 28.7 Å². The van der Waals surface area contributed by atoms with Crippen molar-refractivity contribution in [2.75, 3.05) is 0 Å². The number of carbonyl (C=O) groups is 1. The molecule has 0 bridgehead atoms. The zero-order chi connectivity index (χ0) is 12.3. The third kappa shape index (κ3) is 2.77. The zero-order valence-corrected chi connectivity index (χ0v) is 9.21. The number of alkyl halides is 3. The van der Waals surface area contributed by atoms with Crippen molar-refractivity contribution in [3.05, 3.63) is 39.8 Å². The fraction of sp³-hybridized carbons (Fsp3) is 0.111. The lowest BCUT2D eigenvalue weighted by Gasteiger charge is -2.00. The second-order valence-corrected chi connectivity index (χ2v) is 3.70. The van der Waals surface area contributed by atoms with E-state index in [1.54, 1.807) is 0 Å². The Balaban J connectivity index is 3.12. The van der Waals surface area contributed by atoms with E-state index in [2.05, 4.69) is 15.9 Å². The van der Waals surface area contributed by atoms with Gasteiger partial charge in [0.15, 0.2) is 0 Å². The zero-order valence-electron chi connectivity index (χ0n) is 7.62. The predicted octanol–water partition coefficient (Wildman–Crippen LogP) is 2.86. The highest BCUT2D eigenvalue weighted by Gasteiger charge is 2.49. The van der Waals surface area contributed by atoms with Crippen LogP contribution in [0.25, 0.3) is 5.53 Å². The minimum absolute atomic E-state index is 0.201. The summed E-state index contributed by atoms with van der Waals surface area (Å²) < 4.78 is 37.3. The van der Waals surface area contributed by atoms with Crippen LogP contribution in [0.5, 0.6) is 0 Å². The van der Waals surface area contributed by atoms with Crippen molar-refractivity contribution >= 4 is 27.4 Å². The average Bonchev–Trinajstić information content (AvgIpc) is 2.17. The van der Waals surface area contributed by atoms with E-state index in [4.69, 9.17) is 5.53 Å². The minimum atomic E-state index is -4.97. The van der Waals surface area contributed by atoms with Crippen molar-refractivity contribution in [1.29, 1.82) is 0 Å². The summed E-state index contributed by atoms with van der Waals surface area (Å²) in [6.45, 7) is 0.